The number of hydrogen-bond donors (Lipinski definition) is 0. The Bertz CT molecular complexity index is 472. The summed E-state index contributed by atoms with van der Waals surface area (Å²) in [6.07, 6.45) is 1.86. The van der Waals surface area contributed by atoms with Crippen LogP contribution in [0.2, 0.25) is 0 Å². The van der Waals surface area contributed by atoms with E-state index in [0.29, 0.717) is 0 Å². The van der Waals surface area contributed by atoms with Crippen LogP contribution >= 0.6 is 0 Å². The van der Waals surface area contributed by atoms with E-state index in [9.17, 15) is 4.79 Å². The zero-order valence-corrected chi connectivity index (χ0v) is 10.2. The molecule has 84 valence electrons. The van der Waals surface area contributed by atoms with E-state index in [0.717, 1.165) is 34.6 Å². The maximum atomic E-state index is 11.0. The fraction of sp³-hybridized carbons (Fsp3) is 0.267. The van der Waals surface area contributed by atoms with Crippen molar-refractivity contribution in [3.63, 3.8) is 0 Å². The Morgan fingerprint density at radius 3 is 2.38 bits per heavy atom. The molecule has 0 heterocycles. The second-order valence-electron chi connectivity index (χ2n) is 3.33. The Morgan fingerprint density at radius 2 is 1.75 bits per heavy atom. The highest BCUT2D eigenvalue weighted by molar-refractivity contribution is 5.99. The van der Waals surface area contributed by atoms with Crippen molar-refractivity contribution in [3.8, 4) is 0 Å². The smallest absolute Gasteiger partial charge is 0.150 e. The van der Waals surface area contributed by atoms with Gasteiger partial charge in [-0.2, -0.15) is 0 Å². The van der Waals surface area contributed by atoms with Gasteiger partial charge < -0.3 is 0 Å². The van der Waals surface area contributed by atoms with Crippen LogP contribution in [0.25, 0.3) is 10.8 Å². The Labute approximate surface area is 97.1 Å². The van der Waals surface area contributed by atoms with Gasteiger partial charge in [0.15, 0.2) is 6.29 Å². The van der Waals surface area contributed by atoms with Gasteiger partial charge in [-0.25, -0.2) is 0 Å². The lowest BCUT2D eigenvalue weighted by molar-refractivity contribution is 0.112. The quantitative estimate of drug-likeness (QED) is 0.683. The first-order valence-corrected chi connectivity index (χ1v) is 5.82. The van der Waals surface area contributed by atoms with Crippen LogP contribution in [0.1, 0.15) is 36.7 Å². The van der Waals surface area contributed by atoms with Crippen LogP contribution in [0.3, 0.4) is 0 Å². The maximum Gasteiger partial charge on any atom is 0.150 e. The summed E-state index contributed by atoms with van der Waals surface area (Å²) in [7, 11) is 0. The topological polar surface area (TPSA) is 17.1 Å². The lowest BCUT2D eigenvalue weighted by atomic mass is 9.98. The van der Waals surface area contributed by atoms with E-state index >= 15 is 0 Å². The monoisotopic (exact) mass is 214 g/mol. The zero-order chi connectivity index (χ0) is 12.0. The highest BCUT2D eigenvalue weighted by atomic mass is 16.1. The van der Waals surface area contributed by atoms with Crippen molar-refractivity contribution in [1.29, 1.82) is 0 Å². The summed E-state index contributed by atoms with van der Waals surface area (Å²) < 4.78 is 0. The second kappa shape index (κ2) is 6.06. The Hall–Kier alpha value is -1.63. The first kappa shape index (κ1) is 12.4. The molecule has 0 aliphatic heterocycles. The van der Waals surface area contributed by atoms with Crippen LogP contribution in [0, 0.1) is 0 Å². The van der Waals surface area contributed by atoms with Crippen LogP contribution in [0.4, 0.5) is 0 Å². The largest absolute Gasteiger partial charge is 0.298 e. The summed E-state index contributed by atoms with van der Waals surface area (Å²) in [6.45, 7) is 6.07. The van der Waals surface area contributed by atoms with Crippen LogP contribution in [-0.2, 0) is 6.42 Å². The molecule has 1 nitrogen and oxygen atoms in total. The highest BCUT2D eigenvalue weighted by Crippen LogP contribution is 2.21. The molecule has 0 saturated carbocycles. The molecule has 0 unspecified atom stereocenters. The van der Waals surface area contributed by atoms with Crippen LogP contribution in [0.5, 0.6) is 0 Å². The third kappa shape index (κ3) is 2.30. The van der Waals surface area contributed by atoms with Gasteiger partial charge in [0.2, 0.25) is 0 Å². The number of fused-ring (bicyclic) bond motifs is 1. The Kier molecular flexibility index (Phi) is 4.71. The van der Waals surface area contributed by atoms with Crippen molar-refractivity contribution in [3.05, 3.63) is 47.5 Å². The van der Waals surface area contributed by atoms with Crippen molar-refractivity contribution >= 4 is 17.1 Å². The van der Waals surface area contributed by atoms with E-state index in [1.807, 2.05) is 44.2 Å². The molecule has 0 aliphatic carbocycles. The minimum atomic E-state index is 0.839. The molecule has 2 aromatic rings. The molecule has 0 aliphatic rings. The summed E-state index contributed by atoms with van der Waals surface area (Å²) in [4.78, 5) is 11.0. The van der Waals surface area contributed by atoms with Gasteiger partial charge >= 0.3 is 0 Å². The molecular formula is C15H18O. The van der Waals surface area contributed by atoms with Crippen molar-refractivity contribution in [2.24, 2.45) is 0 Å². The molecule has 2 rings (SSSR count). The molecule has 1 heteroatoms. The van der Waals surface area contributed by atoms with Gasteiger partial charge in [0, 0.05) is 5.56 Å². The molecule has 0 fully saturated rings. The fourth-order valence-corrected chi connectivity index (χ4v) is 1.79. The summed E-state index contributed by atoms with van der Waals surface area (Å²) >= 11 is 0. The Balaban J connectivity index is 0.000000606. The van der Waals surface area contributed by atoms with E-state index < -0.39 is 0 Å². The molecule has 0 spiro atoms. The molecule has 16 heavy (non-hydrogen) atoms. The van der Waals surface area contributed by atoms with Crippen LogP contribution < -0.4 is 0 Å². The van der Waals surface area contributed by atoms with Crippen molar-refractivity contribution in [2.45, 2.75) is 27.2 Å². The van der Waals surface area contributed by atoms with Gasteiger partial charge in [0.05, 0.1) is 0 Å². The standard InChI is InChI=1S/C13H12O.C2H6/c1-2-10-7-8-11-5-3-4-6-12(11)13(10)9-14;1-2/h3-9H,2H2,1H3;1-2H3. The summed E-state index contributed by atoms with van der Waals surface area (Å²) in [5.74, 6) is 0. The first-order valence-electron chi connectivity index (χ1n) is 5.82. The van der Waals surface area contributed by atoms with Crippen LogP contribution in [-0.4, -0.2) is 6.29 Å². The molecule has 0 saturated heterocycles. The molecule has 0 bridgehead atoms. The highest BCUT2D eigenvalue weighted by Gasteiger charge is 2.03. The molecule has 0 radical (unpaired) electrons. The third-order valence-electron chi connectivity index (χ3n) is 2.56. The molecular weight excluding hydrogens is 196 g/mol. The average Bonchev–Trinajstić information content (AvgIpc) is 2.39. The van der Waals surface area contributed by atoms with Crippen molar-refractivity contribution in [2.75, 3.05) is 0 Å². The predicted octanol–water partition coefficient (Wildman–Crippen LogP) is 4.24. The van der Waals surface area contributed by atoms with Gasteiger partial charge in [0.25, 0.3) is 0 Å². The molecule has 0 atom stereocenters. The minimum Gasteiger partial charge on any atom is -0.298 e. The minimum absolute atomic E-state index is 0.839. The average molecular weight is 214 g/mol. The molecule has 0 aromatic heterocycles. The van der Waals surface area contributed by atoms with E-state index in [1.54, 1.807) is 0 Å². The zero-order valence-electron chi connectivity index (χ0n) is 10.2. The molecule has 0 N–H and O–H groups in total. The normalized spacial score (nSPS) is 9.44. The number of hydrogen-bond acceptors (Lipinski definition) is 1. The number of aryl methyl sites for hydroxylation is 1. The third-order valence-corrected chi connectivity index (χ3v) is 2.56. The maximum absolute atomic E-state index is 11.0. The van der Waals surface area contributed by atoms with Gasteiger partial charge in [0.1, 0.15) is 0 Å². The van der Waals surface area contributed by atoms with Gasteiger partial charge in [-0.1, -0.05) is 57.2 Å². The Morgan fingerprint density at radius 1 is 1.06 bits per heavy atom. The first-order chi connectivity index (χ1) is 7.86. The van der Waals surface area contributed by atoms with Crippen LogP contribution in [0.15, 0.2) is 36.4 Å². The lowest BCUT2D eigenvalue weighted by Gasteiger charge is -2.05. The van der Waals surface area contributed by atoms with Crippen molar-refractivity contribution < 1.29 is 4.79 Å². The van der Waals surface area contributed by atoms with E-state index in [1.165, 1.54) is 0 Å². The number of aldehydes is 1. The predicted molar refractivity (Wildman–Crippen MR) is 70.1 cm³/mol. The molecule has 0 amide bonds. The fourth-order valence-electron chi connectivity index (χ4n) is 1.79. The van der Waals surface area contributed by atoms with E-state index in [4.69, 9.17) is 0 Å². The summed E-state index contributed by atoms with van der Waals surface area (Å²) in [5.41, 5.74) is 1.96. The molecule has 2 aromatic carbocycles. The lowest BCUT2D eigenvalue weighted by Crippen LogP contribution is -1.91. The summed E-state index contributed by atoms with van der Waals surface area (Å²) in [6, 6.07) is 12.1. The van der Waals surface area contributed by atoms with Gasteiger partial charge in [-0.05, 0) is 22.8 Å². The number of carbonyl (C=O) groups excluding carboxylic acids is 1. The van der Waals surface area contributed by atoms with Gasteiger partial charge in [-0.3, -0.25) is 4.79 Å². The SMILES string of the molecule is CC.CCc1ccc2ccccc2c1C=O. The number of rotatable bonds is 2. The van der Waals surface area contributed by atoms with Crippen molar-refractivity contribution in [1.82, 2.24) is 0 Å². The second-order valence-corrected chi connectivity index (χ2v) is 3.33. The number of benzene rings is 2. The number of carbonyl (C=O) groups is 1. The van der Waals surface area contributed by atoms with E-state index in [-0.39, 0.29) is 0 Å². The van der Waals surface area contributed by atoms with E-state index in [2.05, 4.69) is 13.0 Å². The summed E-state index contributed by atoms with van der Waals surface area (Å²) in [5, 5.41) is 2.19. The van der Waals surface area contributed by atoms with Gasteiger partial charge in [-0.15, -0.1) is 0 Å².